The van der Waals surface area contributed by atoms with Crippen LogP contribution in [0.2, 0.25) is 0 Å². The van der Waals surface area contributed by atoms with Crippen LogP contribution in [0.3, 0.4) is 0 Å². The van der Waals surface area contributed by atoms with E-state index >= 15 is 0 Å². The Labute approximate surface area is 86.3 Å². The number of aryl methyl sites for hydroxylation is 1. The second kappa shape index (κ2) is 5.21. The molecule has 2 atom stereocenters. The van der Waals surface area contributed by atoms with E-state index in [0.717, 1.165) is 5.69 Å². The van der Waals surface area contributed by atoms with Crippen molar-refractivity contribution in [2.24, 2.45) is 7.05 Å². The molecule has 0 fully saturated rings. The third-order valence-electron chi connectivity index (χ3n) is 1.77. The molecule has 80 valence electrons. The van der Waals surface area contributed by atoms with Crippen LogP contribution >= 0.6 is 0 Å². The molecule has 14 heavy (non-hydrogen) atoms. The van der Waals surface area contributed by atoms with Gasteiger partial charge in [-0.25, -0.2) is 0 Å². The van der Waals surface area contributed by atoms with Gasteiger partial charge >= 0.3 is 0 Å². The van der Waals surface area contributed by atoms with Crippen LogP contribution < -0.4 is 5.32 Å². The molecule has 0 aliphatic rings. The first kappa shape index (κ1) is 11.3. The summed E-state index contributed by atoms with van der Waals surface area (Å²) in [6, 6.07) is 0.239. The van der Waals surface area contributed by atoms with Gasteiger partial charge in [-0.2, -0.15) is 0 Å². The van der Waals surface area contributed by atoms with Crippen molar-refractivity contribution < 1.29 is 4.21 Å². The van der Waals surface area contributed by atoms with Crippen molar-refractivity contribution >= 4 is 10.8 Å². The highest BCUT2D eigenvalue weighted by atomic mass is 32.2. The van der Waals surface area contributed by atoms with Gasteiger partial charge in [-0.15, -0.1) is 5.10 Å². The van der Waals surface area contributed by atoms with Crippen molar-refractivity contribution in [3.8, 4) is 0 Å². The first-order valence-corrected chi connectivity index (χ1v) is 6.19. The highest BCUT2D eigenvalue weighted by Crippen LogP contribution is 1.92. The van der Waals surface area contributed by atoms with Crippen LogP contribution in [0.25, 0.3) is 0 Å². The number of aromatic nitrogens is 3. The fourth-order valence-electron chi connectivity index (χ4n) is 1.17. The van der Waals surface area contributed by atoms with Crippen molar-refractivity contribution in [1.82, 2.24) is 20.3 Å². The molecule has 1 aromatic heterocycles. The van der Waals surface area contributed by atoms with Gasteiger partial charge in [0.25, 0.3) is 0 Å². The predicted molar refractivity (Wildman–Crippen MR) is 56.2 cm³/mol. The summed E-state index contributed by atoms with van der Waals surface area (Å²) < 4.78 is 12.6. The molecule has 1 rings (SSSR count). The van der Waals surface area contributed by atoms with Gasteiger partial charge in [0.05, 0.1) is 5.69 Å². The molecule has 0 saturated carbocycles. The minimum atomic E-state index is -0.752. The van der Waals surface area contributed by atoms with E-state index in [4.69, 9.17) is 0 Å². The monoisotopic (exact) mass is 216 g/mol. The molecule has 0 saturated heterocycles. The minimum Gasteiger partial charge on any atom is -0.308 e. The molecule has 1 heterocycles. The topological polar surface area (TPSA) is 59.8 Å². The van der Waals surface area contributed by atoms with Crippen LogP contribution in [0.1, 0.15) is 12.6 Å². The molecule has 0 spiro atoms. The van der Waals surface area contributed by atoms with Gasteiger partial charge in [0.15, 0.2) is 0 Å². The Morgan fingerprint density at radius 1 is 1.71 bits per heavy atom. The summed E-state index contributed by atoms with van der Waals surface area (Å²) in [5.74, 6) is 0.667. The lowest BCUT2D eigenvalue weighted by Gasteiger charge is -2.10. The molecule has 6 heteroatoms. The van der Waals surface area contributed by atoms with Gasteiger partial charge < -0.3 is 5.32 Å². The summed E-state index contributed by atoms with van der Waals surface area (Å²) in [5.41, 5.74) is 0.904. The second-order valence-electron chi connectivity index (χ2n) is 3.41. The molecule has 0 bridgehead atoms. The van der Waals surface area contributed by atoms with E-state index < -0.39 is 10.8 Å². The summed E-state index contributed by atoms with van der Waals surface area (Å²) in [7, 11) is 1.08. The molecular formula is C8H16N4OS. The first-order valence-electron chi connectivity index (χ1n) is 4.46. The van der Waals surface area contributed by atoms with Crippen molar-refractivity contribution in [3.05, 3.63) is 11.9 Å². The number of nitrogens with zero attached hydrogens (tertiary/aromatic N) is 3. The molecule has 0 aliphatic heterocycles. The van der Waals surface area contributed by atoms with Gasteiger partial charge in [-0.3, -0.25) is 8.89 Å². The lowest BCUT2D eigenvalue weighted by Crippen LogP contribution is -2.30. The minimum absolute atomic E-state index is 0.239. The standard InChI is InChI=1S/C8H16N4OS/c1-7(6-14(3)13)9-4-8-5-12(2)11-10-8/h5,7,9H,4,6H2,1-3H3. The van der Waals surface area contributed by atoms with E-state index in [2.05, 4.69) is 15.6 Å². The molecule has 0 amide bonds. The Morgan fingerprint density at radius 3 is 2.93 bits per heavy atom. The zero-order chi connectivity index (χ0) is 10.6. The van der Waals surface area contributed by atoms with E-state index in [-0.39, 0.29) is 6.04 Å². The van der Waals surface area contributed by atoms with Crippen molar-refractivity contribution in [2.75, 3.05) is 12.0 Å². The molecule has 2 unspecified atom stereocenters. The molecule has 0 aliphatic carbocycles. The Bertz CT molecular complexity index is 312. The zero-order valence-corrected chi connectivity index (χ0v) is 9.54. The molecule has 0 aromatic carbocycles. The zero-order valence-electron chi connectivity index (χ0n) is 8.73. The van der Waals surface area contributed by atoms with Gasteiger partial charge in [0, 0.05) is 48.6 Å². The fourth-order valence-corrected chi connectivity index (χ4v) is 1.99. The Kier molecular flexibility index (Phi) is 4.21. The lowest BCUT2D eigenvalue weighted by atomic mass is 10.3. The Hall–Kier alpha value is -0.750. The van der Waals surface area contributed by atoms with Gasteiger partial charge in [0.2, 0.25) is 0 Å². The van der Waals surface area contributed by atoms with Crippen molar-refractivity contribution in [3.63, 3.8) is 0 Å². The lowest BCUT2D eigenvalue weighted by molar-refractivity contribution is 0.580. The third-order valence-corrected chi connectivity index (χ3v) is 2.74. The Balaban J connectivity index is 2.30. The fraction of sp³-hybridized carbons (Fsp3) is 0.750. The second-order valence-corrected chi connectivity index (χ2v) is 4.89. The van der Waals surface area contributed by atoms with E-state index in [1.54, 1.807) is 10.9 Å². The first-order chi connectivity index (χ1) is 6.58. The summed E-state index contributed by atoms with van der Waals surface area (Å²) in [5, 5.41) is 11.0. The van der Waals surface area contributed by atoms with Crippen molar-refractivity contribution in [2.45, 2.75) is 19.5 Å². The van der Waals surface area contributed by atoms with Crippen LogP contribution in [0.4, 0.5) is 0 Å². The smallest absolute Gasteiger partial charge is 0.0964 e. The van der Waals surface area contributed by atoms with Crippen LogP contribution in [0.5, 0.6) is 0 Å². The number of nitrogens with one attached hydrogen (secondary N) is 1. The van der Waals surface area contributed by atoms with E-state index in [1.165, 1.54) is 0 Å². The molecule has 0 radical (unpaired) electrons. The third kappa shape index (κ3) is 3.97. The molecule has 1 aromatic rings. The molecular weight excluding hydrogens is 200 g/mol. The highest BCUT2D eigenvalue weighted by molar-refractivity contribution is 7.84. The van der Waals surface area contributed by atoms with Crippen molar-refractivity contribution in [1.29, 1.82) is 0 Å². The maximum atomic E-state index is 10.9. The summed E-state index contributed by atoms with van der Waals surface area (Å²) in [6.07, 6.45) is 3.57. The quantitative estimate of drug-likeness (QED) is 0.732. The van der Waals surface area contributed by atoms with Gasteiger partial charge in [-0.05, 0) is 6.92 Å². The maximum absolute atomic E-state index is 10.9. The van der Waals surface area contributed by atoms with Crippen LogP contribution in [0, 0.1) is 0 Å². The predicted octanol–water partition coefficient (Wildman–Crippen LogP) is -0.328. The van der Waals surface area contributed by atoms with Crippen LogP contribution in [-0.4, -0.2) is 37.3 Å². The van der Waals surface area contributed by atoms with Crippen LogP contribution in [-0.2, 0) is 24.4 Å². The maximum Gasteiger partial charge on any atom is 0.0964 e. The summed E-state index contributed by atoms with van der Waals surface area (Å²) >= 11 is 0. The van der Waals surface area contributed by atoms with E-state index in [1.807, 2.05) is 20.2 Å². The number of hydrogen-bond donors (Lipinski definition) is 1. The summed E-state index contributed by atoms with van der Waals surface area (Å²) in [6.45, 7) is 2.68. The number of rotatable bonds is 5. The normalized spacial score (nSPS) is 15.4. The van der Waals surface area contributed by atoms with E-state index in [0.29, 0.717) is 12.3 Å². The Morgan fingerprint density at radius 2 is 2.43 bits per heavy atom. The molecule has 5 nitrogen and oxygen atoms in total. The van der Waals surface area contributed by atoms with Gasteiger partial charge in [0.1, 0.15) is 0 Å². The number of hydrogen-bond acceptors (Lipinski definition) is 4. The summed E-state index contributed by atoms with van der Waals surface area (Å²) in [4.78, 5) is 0. The highest BCUT2D eigenvalue weighted by Gasteiger charge is 2.04. The SMILES string of the molecule is CC(CS(C)=O)NCc1cn(C)nn1. The van der Waals surface area contributed by atoms with E-state index in [9.17, 15) is 4.21 Å². The average Bonchev–Trinajstić information content (AvgIpc) is 2.47. The average molecular weight is 216 g/mol. The molecule has 1 N–H and O–H groups in total. The van der Waals surface area contributed by atoms with Gasteiger partial charge in [-0.1, -0.05) is 5.21 Å². The van der Waals surface area contributed by atoms with Crippen LogP contribution in [0.15, 0.2) is 6.20 Å². The largest absolute Gasteiger partial charge is 0.308 e.